The Labute approximate surface area is 154 Å². The summed E-state index contributed by atoms with van der Waals surface area (Å²) >= 11 is 0. The van der Waals surface area contributed by atoms with Crippen molar-refractivity contribution in [3.63, 3.8) is 0 Å². The van der Waals surface area contributed by atoms with Crippen molar-refractivity contribution in [3.05, 3.63) is 0 Å². The summed E-state index contributed by atoms with van der Waals surface area (Å²) in [5.74, 6) is 0. The first-order valence-corrected chi connectivity index (χ1v) is 9.79. The molecule has 0 saturated heterocycles. The van der Waals surface area contributed by atoms with E-state index < -0.39 is 16.4 Å². The van der Waals surface area contributed by atoms with Crippen molar-refractivity contribution in [1.29, 1.82) is 0 Å². The first-order chi connectivity index (χ1) is 12.3. The molecule has 1 atom stereocenters. The fourth-order valence-corrected chi connectivity index (χ4v) is 1.20. The lowest BCUT2D eigenvalue weighted by Gasteiger charge is -2.09. The van der Waals surface area contributed by atoms with Gasteiger partial charge in [-0.15, -0.1) is 0 Å². The molecule has 0 radical (unpaired) electrons. The van der Waals surface area contributed by atoms with Crippen LogP contribution in [0, 0.1) is 0 Å². The van der Waals surface area contributed by atoms with Crippen LogP contribution in [0.3, 0.4) is 0 Å². The van der Waals surface area contributed by atoms with E-state index >= 15 is 0 Å². The second kappa shape index (κ2) is 20.9. The maximum atomic E-state index is 9.19. The summed E-state index contributed by atoms with van der Waals surface area (Å²) in [6.07, 6.45) is -0.171. The Kier molecular flexibility index (Phi) is 22.3. The summed E-state index contributed by atoms with van der Waals surface area (Å²) in [5.41, 5.74) is 0. The van der Waals surface area contributed by atoms with Gasteiger partial charge in [0, 0.05) is 7.11 Å². The average Bonchev–Trinajstić information content (AvgIpc) is 2.56. The lowest BCUT2D eigenvalue weighted by molar-refractivity contribution is -0.123. The van der Waals surface area contributed by atoms with E-state index in [9.17, 15) is 8.42 Å². The summed E-state index contributed by atoms with van der Waals surface area (Å²) in [4.78, 5) is 0. The van der Waals surface area contributed by atoms with Crippen molar-refractivity contribution in [3.8, 4) is 0 Å². The Morgan fingerprint density at radius 3 is 1.38 bits per heavy atom. The molecule has 0 heterocycles. The zero-order valence-corrected chi connectivity index (χ0v) is 16.2. The maximum absolute atomic E-state index is 9.19. The zero-order chi connectivity index (χ0) is 20.1. The highest BCUT2D eigenvalue weighted by atomic mass is 32.2. The number of rotatable bonds is 17. The third-order valence-corrected chi connectivity index (χ3v) is 2.26. The second-order valence-corrected chi connectivity index (χ2v) is 6.14. The van der Waals surface area contributed by atoms with Crippen molar-refractivity contribution in [2.75, 3.05) is 86.0 Å². The van der Waals surface area contributed by atoms with Gasteiger partial charge in [-0.2, -0.15) is 8.42 Å². The van der Waals surface area contributed by atoms with Crippen molar-refractivity contribution < 1.29 is 51.6 Å². The summed E-state index contributed by atoms with van der Waals surface area (Å²) in [5, 5.41) is 17.5. The Bertz CT molecular complexity index is 356. The van der Waals surface area contributed by atoms with Gasteiger partial charge < -0.3 is 38.6 Å². The molecule has 0 aliphatic heterocycles. The normalized spacial score (nSPS) is 12.5. The van der Waals surface area contributed by atoms with E-state index in [1.807, 2.05) is 0 Å². The minimum Gasteiger partial charge on any atom is -0.394 e. The molecule has 26 heavy (non-hydrogen) atoms. The predicted octanol–water partition coefficient (Wildman–Crippen LogP) is -1.47. The van der Waals surface area contributed by atoms with E-state index in [2.05, 4.69) is 4.74 Å². The quantitative estimate of drug-likeness (QED) is 0.147. The molecule has 0 spiro atoms. The molecule has 0 bridgehead atoms. The van der Waals surface area contributed by atoms with Crippen LogP contribution in [0.4, 0.5) is 0 Å². The topological polar surface area (TPSA) is 150 Å². The highest BCUT2D eigenvalue weighted by molar-refractivity contribution is 7.85. The summed E-state index contributed by atoms with van der Waals surface area (Å²) in [6, 6.07) is 0. The number of methoxy groups -OCH3 is 1. The third-order valence-electron chi connectivity index (χ3n) is 2.26. The smallest absolute Gasteiger partial charge is 0.261 e. The van der Waals surface area contributed by atoms with Gasteiger partial charge in [-0.1, -0.05) is 0 Å². The molecule has 0 aliphatic rings. The van der Waals surface area contributed by atoms with Gasteiger partial charge >= 0.3 is 0 Å². The van der Waals surface area contributed by atoms with E-state index in [1.165, 1.54) is 7.11 Å². The molecular formula is C14H32O11S. The lowest BCUT2D eigenvalue weighted by Crippen LogP contribution is -2.19. The number of aliphatic hydroxyl groups excluding tert-OH is 2. The number of hydrogen-bond donors (Lipinski definition) is 3. The van der Waals surface area contributed by atoms with E-state index in [-0.39, 0.29) is 13.2 Å². The first kappa shape index (κ1) is 27.8. The fraction of sp³-hybridized carbons (Fsp3) is 1.00. The van der Waals surface area contributed by atoms with Gasteiger partial charge in [-0.25, -0.2) is 0 Å². The second-order valence-electron chi connectivity index (χ2n) is 4.67. The molecule has 0 fully saturated rings. The van der Waals surface area contributed by atoms with Crippen molar-refractivity contribution in [2.24, 2.45) is 0 Å². The molecule has 11 nitrogen and oxygen atoms in total. The highest BCUT2D eigenvalue weighted by Gasteiger charge is 1.99. The molecule has 0 aromatic carbocycles. The third kappa shape index (κ3) is 34.8. The van der Waals surface area contributed by atoms with E-state index in [1.54, 1.807) is 0 Å². The lowest BCUT2D eigenvalue weighted by atomic mass is 10.6. The van der Waals surface area contributed by atoms with Crippen LogP contribution < -0.4 is 0 Å². The van der Waals surface area contributed by atoms with Gasteiger partial charge in [0.25, 0.3) is 10.1 Å². The minimum atomic E-state index is -3.67. The van der Waals surface area contributed by atoms with Crippen LogP contribution in [-0.4, -0.2) is 116 Å². The number of aliphatic hydroxyl groups is 2. The van der Waals surface area contributed by atoms with Gasteiger partial charge in [0.2, 0.25) is 0 Å². The van der Waals surface area contributed by atoms with Crippen LogP contribution in [0.15, 0.2) is 0 Å². The molecule has 0 rings (SSSR count). The monoisotopic (exact) mass is 408 g/mol. The van der Waals surface area contributed by atoms with Gasteiger partial charge in [0.15, 0.2) is 6.29 Å². The fourth-order valence-electron chi connectivity index (χ4n) is 1.20. The minimum absolute atomic E-state index is 0.0289. The Hall–Kier alpha value is -0.410. The zero-order valence-electron chi connectivity index (χ0n) is 15.4. The molecular weight excluding hydrogens is 376 g/mol. The highest BCUT2D eigenvalue weighted by Crippen LogP contribution is 1.87. The molecule has 0 aromatic rings. The molecule has 0 amide bonds. The predicted molar refractivity (Wildman–Crippen MR) is 91.7 cm³/mol. The number of hydrogen-bond acceptors (Lipinski definition) is 10. The van der Waals surface area contributed by atoms with Crippen LogP contribution >= 0.6 is 0 Å². The van der Waals surface area contributed by atoms with Gasteiger partial charge in [0.05, 0.1) is 78.9 Å². The van der Waals surface area contributed by atoms with Crippen LogP contribution in [0.2, 0.25) is 0 Å². The first-order valence-electron chi connectivity index (χ1n) is 7.94. The van der Waals surface area contributed by atoms with Crippen LogP contribution in [0.5, 0.6) is 0 Å². The molecule has 3 N–H and O–H groups in total. The molecule has 160 valence electrons. The molecule has 1 unspecified atom stereocenters. The Balaban J connectivity index is 0. The van der Waals surface area contributed by atoms with Crippen LogP contribution in [0.1, 0.15) is 0 Å². The molecule has 12 heteroatoms. The average molecular weight is 408 g/mol. The van der Waals surface area contributed by atoms with Crippen molar-refractivity contribution in [2.45, 2.75) is 6.29 Å². The molecule has 0 saturated carbocycles. The van der Waals surface area contributed by atoms with E-state index in [4.69, 9.17) is 38.5 Å². The van der Waals surface area contributed by atoms with Gasteiger partial charge in [-0.3, -0.25) is 4.55 Å². The maximum Gasteiger partial charge on any atom is 0.261 e. The van der Waals surface area contributed by atoms with Crippen molar-refractivity contribution in [1.82, 2.24) is 0 Å². The van der Waals surface area contributed by atoms with Gasteiger partial charge in [-0.05, 0) is 0 Å². The molecule has 0 aromatic heterocycles. The van der Waals surface area contributed by atoms with Crippen LogP contribution in [-0.2, 0) is 38.5 Å². The van der Waals surface area contributed by atoms with E-state index in [0.717, 1.165) is 0 Å². The van der Waals surface area contributed by atoms with Crippen LogP contribution in [0.25, 0.3) is 0 Å². The standard InChI is InChI=1S/C13H28O8.CH4O3S/c1-16-13(15)12-21-11-10-20-9-8-19-7-6-18-5-4-17-3-2-14;1-5(2,3)4/h13-15H,2-12H2,1H3;1H3,(H,2,3,4). The van der Waals surface area contributed by atoms with Gasteiger partial charge in [0.1, 0.15) is 0 Å². The summed E-state index contributed by atoms with van der Waals surface area (Å²) in [7, 11) is -2.26. The van der Waals surface area contributed by atoms with Crippen molar-refractivity contribution >= 4 is 10.1 Å². The van der Waals surface area contributed by atoms with E-state index in [0.29, 0.717) is 65.7 Å². The number of ether oxygens (including phenoxy) is 6. The Morgan fingerprint density at radius 2 is 1.08 bits per heavy atom. The Morgan fingerprint density at radius 1 is 0.769 bits per heavy atom. The SMILES string of the molecule is COC(O)COCCOCCOCCOCCOCCO.CS(=O)(=O)O. The largest absolute Gasteiger partial charge is 0.394 e. The summed E-state index contributed by atoms with van der Waals surface area (Å²) in [6.45, 7) is 4.28. The summed E-state index contributed by atoms with van der Waals surface area (Å²) < 4.78 is 56.4. The molecule has 0 aliphatic carbocycles.